The van der Waals surface area contributed by atoms with E-state index < -0.39 is 6.61 Å². The van der Waals surface area contributed by atoms with Gasteiger partial charge in [-0.25, -0.2) is 0 Å². The van der Waals surface area contributed by atoms with Crippen molar-refractivity contribution in [2.45, 2.75) is 63.8 Å². The van der Waals surface area contributed by atoms with Crippen LogP contribution in [0, 0.1) is 5.92 Å². The summed E-state index contributed by atoms with van der Waals surface area (Å²) in [6.07, 6.45) is 5.18. The number of hydrogen-bond donors (Lipinski definition) is 2. The summed E-state index contributed by atoms with van der Waals surface area (Å²) in [6.45, 7) is -0.930. The minimum atomic E-state index is -2.83. The number of alkyl halides is 2. The van der Waals surface area contributed by atoms with Crippen molar-refractivity contribution in [3.8, 4) is 5.75 Å². The molecule has 3 atom stereocenters. The van der Waals surface area contributed by atoms with Crippen LogP contribution in [0.25, 0.3) is 0 Å². The standard InChI is InChI=1S/C18H24F2N2O2.ClH/c1-11(13-2-6-16(7-3-13)24-18(19)20)21-17(23)10-12-8-14-4-5-15(9-12)22-14;/h2-3,6-7,11-12,14-15,18,22H,4-5,8-10H2,1H3,(H,21,23);1H. The van der Waals surface area contributed by atoms with Gasteiger partial charge in [-0.15, -0.1) is 12.4 Å². The first-order chi connectivity index (χ1) is 11.5. The third-order valence-electron chi connectivity index (χ3n) is 5.03. The predicted molar refractivity (Wildman–Crippen MR) is 94.2 cm³/mol. The zero-order valence-corrected chi connectivity index (χ0v) is 15.0. The molecule has 1 amide bonds. The largest absolute Gasteiger partial charge is 0.435 e. The fourth-order valence-corrected chi connectivity index (χ4v) is 3.93. The lowest BCUT2D eigenvalue weighted by Gasteiger charge is -2.29. The fourth-order valence-electron chi connectivity index (χ4n) is 3.93. The van der Waals surface area contributed by atoms with Crippen LogP contribution < -0.4 is 15.4 Å². The topological polar surface area (TPSA) is 50.4 Å². The van der Waals surface area contributed by atoms with E-state index in [4.69, 9.17) is 0 Å². The molecule has 0 radical (unpaired) electrons. The highest BCUT2D eigenvalue weighted by Gasteiger charge is 2.34. The van der Waals surface area contributed by atoms with Gasteiger partial charge in [-0.3, -0.25) is 4.79 Å². The third kappa shape index (κ3) is 5.54. The van der Waals surface area contributed by atoms with Gasteiger partial charge in [0, 0.05) is 18.5 Å². The second-order valence-corrected chi connectivity index (χ2v) is 6.92. The molecule has 0 spiro atoms. The van der Waals surface area contributed by atoms with Gasteiger partial charge in [-0.2, -0.15) is 8.78 Å². The number of fused-ring (bicyclic) bond motifs is 2. The molecule has 0 aliphatic carbocycles. The summed E-state index contributed by atoms with van der Waals surface area (Å²) < 4.78 is 28.6. The molecule has 0 saturated carbocycles. The number of ether oxygens (including phenoxy) is 1. The van der Waals surface area contributed by atoms with E-state index in [2.05, 4.69) is 15.4 Å². The van der Waals surface area contributed by atoms with Gasteiger partial charge in [-0.1, -0.05) is 12.1 Å². The van der Waals surface area contributed by atoms with Gasteiger partial charge in [0.05, 0.1) is 6.04 Å². The fraction of sp³-hybridized carbons (Fsp3) is 0.611. The number of rotatable bonds is 6. The summed E-state index contributed by atoms with van der Waals surface area (Å²) in [4.78, 5) is 12.3. The number of carbonyl (C=O) groups excluding carboxylic acids is 1. The molecule has 2 saturated heterocycles. The van der Waals surface area contributed by atoms with E-state index in [0.717, 1.165) is 18.4 Å². The minimum Gasteiger partial charge on any atom is -0.435 e. The van der Waals surface area contributed by atoms with Gasteiger partial charge in [0.2, 0.25) is 5.91 Å². The second kappa shape index (κ2) is 8.81. The van der Waals surface area contributed by atoms with Crippen LogP contribution in [0.2, 0.25) is 0 Å². The molecule has 2 heterocycles. The number of hydrogen-bond acceptors (Lipinski definition) is 3. The lowest BCUT2D eigenvalue weighted by Crippen LogP contribution is -2.40. The zero-order valence-electron chi connectivity index (χ0n) is 14.2. The molecule has 2 bridgehead atoms. The molecule has 2 aliphatic rings. The van der Waals surface area contributed by atoms with Crippen LogP contribution in [0.4, 0.5) is 8.78 Å². The van der Waals surface area contributed by atoms with Gasteiger partial charge in [-0.05, 0) is 56.2 Å². The summed E-state index contributed by atoms with van der Waals surface area (Å²) in [7, 11) is 0. The Hall–Kier alpha value is -1.40. The van der Waals surface area contributed by atoms with Crippen molar-refractivity contribution in [3.63, 3.8) is 0 Å². The molecule has 3 unspecified atom stereocenters. The van der Waals surface area contributed by atoms with Gasteiger partial charge in [0.15, 0.2) is 0 Å². The molecule has 140 valence electrons. The lowest BCUT2D eigenvalue weighted by molar-refractivity contribution is -0.122. The first-order valence-electron chi connectivity index (χ1n) is 8.60. The van der Waals surface area contributed by atoms with Gasteiger partial charge in [0.1, 0.15) is 5.75 Å². The average Bonchev–Trinajstić information content (AvgIpc) is 2.86. The van der Waals surface area contributed by atoms with E-state index in [1.165, 1.54) is 25.0 Å². The van der Waals surface area contributed by atoms with Crippen LogP contribution in [0.1, 0.15) is 50.6 Å². The van der Waals surface area contributed by atoms with Crippen LogP contribution in [0.5, 0.6) is 5.75 Å². The highest BCUT2D eigenvalue weighted by Crippen LogP contribution is 2.32. The minimum absolute atomic E-state index is 0. The number of benzene rings is 1. The van der Waals surface area contributed by atoms with E-state index in [1.54, 1.807) is 12.1 Å². The maximum atomic E-state index is 12.3. The van der Waals surface area contributed by atoms with Gasteiger partial charge in [0.25, 0.3) is 0 Å². The van der Waals surface area contributed by atoms with Gasteiger partial charge >= 0.3 is 6.61 Å². The van der Waals surface area contributed by atoms with E-state index in [9.17, 15) is 13.6 Å². The van der Waals surface area contributed by atoms with Crippen LogP contribution >= 0.6 is 12.4 Å². The average molecular weight is 375 g/mol. The molecule has 2 aliphatic heterocycles. The lowest BCUT2D eigenvalue weighted by atomic mass is 9.89. The van der Waals surface area contributed by atoms with Crippen molar-refractivity contribution in [2.75, 3.05) is 0 Å². The monoisotopic (exact) mass is 374 g/mol. The van der Waals surface area contributed by atoms with Crippen LogP contribution in [0.3, 0.4) is 0 Å². The predicted octanol–water partition coefficient (Wildman–Crippen LogP) is 3.81. The first kappa shape index (κ1) is 19.9. The molecule has 3 rings (SSSR count). The Balaban J connectivity index is 0.00000225. The number of amides is 1. The summed E-state index contributed by atoms with van der Waals surface area (Å²) in [6, 6.07) is 7.41. The molecule has 0 aromatic heterocycles. The number of carbonyl (C=O) groups is 1. The summed E-state index contributed by atoms with van der Waals surface area (Å²) in [5.41, 5.74) is 0.871. The Morgan fingerprint density at radius 3 is 2.40 bits per heavy atom. The Morgan fingerprint density at radius 2 is 1.84 bits per heavy atom. The Labute approximate surface area is 153 Å². The smallest absolute Gasteiger partial charge is 0.387 e. The van der Waals surface area contributed by atoms with Crippen molar-refractivity contribution >= 4 is 18.3 Å². The Bertz CT molecular complexity index is 559. The normalized spacial score (nSPS) is 26.0. The molecular formula is C18H25ClF2N2O2. The SMILES string of the molecule is CC(NC(=O)CC1CC2CCC(C1)N2)c1ccc(OC(F)F)cc1.Cl. The van der Waals surface area contributed by atoms with Gasteiger partial charge < -0.3 is 15.4 Å². The maximum Gasteiger partial charge on any atom is 0.387 e. The molecule has 4 nitrogen and oxygen atoms in total. The number of piperidine rings is 1. The highest BCUT2D eigenvalue weighted by molar-refractivity contribution is 5.85. The van der Waals surface area contributed by atoms with Crippen molar-refractivity contribution in [1.29, 1.82) is 0 Å². The quantitative estimate of drug-likeness (QED) is 0.796. The molecule has 7 heteroatoms. The van der Waals surface area contributed by atoms with Crippen molar-refractivity contribution < 1.29 is 18.3 Å². The van der Waals surface area contributed by atoms with E-state index in [-0.39, 0.29) is 30.1 Å². The van der Waals surface area contributed by atoms with Crippen LogP contribution in [-0.2, 0) is 4.79 Å². The second-order valence-electron chi connectivity index (χ2n) is 6.92. The number of nitrogens with one attached hydrogen (secondary N) is 2. The van der Waals surface area contributed by atoms with Crippen LogP contribution in [0.15, 0.2) is 24.3 Å². The molecule has 1 aromatic carbocycles. The Kier molecular flexibility index (Phi) is 7.02. The van der Waals surface area contributed by atoms with Crippen molar-refractivity contribution in [1.82, 2.24) is 10.6 Å². The van der Waals surface area contributed by atoms with E-state index in [0.29, 0.717) is 24.4 Å². The third-order valence-corrected chi connectivity index (χ3v) is 5.03. The Morgan fingerprint density at radius 1 is 1.24 bits per heavy atom. The molecular weight excluding hydrogens is 350 g/mol. The van der Waals surface area contributed by atoms with Crippen molar-refractivity contribution in [2.24, 2.45) is 5.92 Å². The number of halogens is 3. The van der Waals surface area contributed by atoms with E-state index in [1.807, 2.05) is 6.92 Å². The van der Waals surface area contributed by atoms with E-state index >= 15 is 0 Å². The summed E-state index contributed by atoms with van der Waals surface area (Å²) >= 11 is 0. The molecule has 2 fully saturated rings. The highest BCUT2D eigenvalue weighted by atomic mass is 35.5. The molecule has 25 heavy (non-hydrogen) atoms. The first-order valence-corrected chi connectivity index (χ1v) is 8.60. The van der Waals surface area contributed by atoms with Crippen molar-refractivity contribution in [3.05, 3.63) is 29.8 Å². The maximum absolute atomic E-state index is 12.3. The summed E-state index contributed by atoms with van der Waals surface area (Å²) in [5, 5.41) is 6.59. The zero-order chi connectivity index (χ0) is 17.1. The van der Waals surface area contributed by atoms with Crippen LogP contribution in [-0.4, -0.2) is 24.6 Å². The molecule has 2 N–H and O–H groups in total. The summed E-state index contributed by atoms with van der Waals surface area (Å²) in [5.74, 6) is 0.636. The molecule has 1 aromatic rings.